The maximum absolute atomic E-state index is 12.1. The highest BCUT2D eigenvalue weighted by Gasteiger charge is 2.37. The van der Waals surface area contributed by atoms with Crippen LogP contribution in [0.25, 0.3) is 0 Å². The number of carboxylic acids is 1. The highest BCUT2D eigenvalue weighted by molar-refractivity contribution is 9.10. The van der Waals surface area contributed by atoms with Gasteiger partial charge in [-0.15, -0.1) is 0 Å². The van der Waals surface area contributed by atoms with Gasteiger partial charge in [-0.3, -0.25) is 9.69 Å². The van der Waals surface area contributed by atoms with Gasteiger partial charge in [0.2, 0.25) is 6.79 Å². The molecule has 8 heteroatoms. The highest BCUT2D eigenvalue weighted by atomic mass is 79.9. The van der Waals surface area contributed by atoms with Crippen LogP contribution in [0.5, 0.6) is 23.0 Å². The van der Waals surface area contributed by atoms with Gasteiger partial charge in [-0.25, -0.2) is 0 Å². The van der Waals surface area contributed by atoms with E-state index in [0.29, 0.717) is 36.0 Å². The molecule has 0 bridgehead atoms. The van der Waals surface area contributed by atoms with Crippen LogP contribution in [0.15, 0.2) is 34.8 Å². The minimum atomic E-state index is -0.808. The largest absolute Gasteiger partial charge is 0.493 e. The Hall–Kier alpha value is -2.45. The number of fused-ring (bicyclic) bond motifs is 1. The van der Waals surface area contributed by atoms with Gasteiger partial charge < -0.3 is 24.1 Å². The number of aliphatic carboxylic acids is 1. The molecule has 0 radical (unpaired) electrons. The molecule has 4 rings (SSSR count). The van der Waals surface area contributed by atoms with Gasteiger partial charge in [0.1, 0.15) is 6.04 Å². The van der Waals surface area contributed by atoms with Crippen LogP contribution in [0.2, 0.25) is 0 Å². The minimum Gasteiger partial charge on any atom is -0.493 e. The first-order chi connectivity index (χ1) is 14.5. The molecule has 1 saturated heterocycles. The number of methoxy groups -OCH3 is 2. The first-order valence-electron chi connectivity index (χ1n) is 9.83. The standard InChI is InChI=1S/C22H24BrNO6/c1-27-18-10-14(15(23)11-19(18)28-2)21(24-8-4-3-5-16(24)22(25)26)13-6-7-17-20(9-13)30-12-29-17/h6-7,9-11,16,21H,3-5,8,12H2,1-2H3,(H,25,26). The molecule has 0 spiro atoms. The van der Waals surface area contributed by atoms with Gasteiger partial charge in [0, 0.05) is 4.47 Å². The SMILES string of the molecule is COc1cc(Br)c(C(c2ccc3c(c2)OCO3)N2CCCCC2C(=O)O)cc1OC. The summed E-state index contributed by atoms with van der Waals surface area (Å²) in [7, 11) is 3.18. The molecule has 7 nitrogen and oxygen atoms in total. The second kappa shape index (κ2) is 8.73. The normalized spacial score (nSPS) is 19.4. The summed E-state index contributed by atoms with van der Waals surface area (Å²) in [6.45, 7) is 0.863. The lowest BCUT2D eigenvalue weighted by Gasteiger charge is -2.40. The number of halogens is 1. The summed E-state index contributed by atoms with van der Waals surface area (Å²) in [5, 5.41) is 9.92. The zero-order valence-corrected chi connectivity index (χ0v) is 18.5. The number of hydrogen-bond donors (Lipinski definition) is 1. The lowest BCUT2D eigenvalue weighted by Crippen LogP contribution is -2.46. The predicted octanol–water partition coefficient (Wildman–Crippen LogP) is 4.22. The van der Waals surface area contributed by atoms with Crippen molar-refractivity contribution in [1.29, 1.82) is 0 Å². The zero-order valence-electron chi connectivity index (χ0n) is 16.9. The van der Waals surface area contributed by atoms with Gasteiger partial charge in [-0.2, -0.15) is 0 Å². The monoisotopic (exact) mass is 477 g/mol. The van der Waals surface area contributed by atoms with E-state index in [4.69, 9.17) is 18.9 Å². The molecule has 2 aliphatic heterocycles. The first-order valence-corrected chi connectivity index (χ1v) is 10.6. The fourth-order valence-electron chi connectivity index (χ4n) is 4.24. The van der Waals surface area contributed by atoms with Crippen molar-refractivity contribution in [1.82, 2.24) is 4.90 Å². The number of likely N-dealkylation sites (tertiary alicyclic amines) is 1. The third-order valence-electron chi connectivity index (χ3n) is 5.67. The van der Waals surface area contributed by atoms with E-state index in [0.717, 1.165) is 28.4 Å². The number of carboxylic acid groups (broad SMARTS) is 1. The molecule has 1 fully saturated rings. The fraction of sp³-hybridized carbons (Fsp3) is 0.409. The third-order valence-corrected chi connectivity index (χ3v) is 6.36. The number of rotatable bonds is 6. The van der Waals surface area contributed by atoms with E-state index in [1.807, 2.05) is 30.3 Å². The van der Waals surface area contributed by atoms with E-state index in [2.05, 4.69) is 20.8 Å². The summed E-state index contributed by atoms with van der Waals surface area (Å²) < 4.78 is 22.8. The molecule has 2 atom stereocenters. The molecule has 1 N–H and O–H groups in total. The van der Waals surface area contributed by atoms with Crippen LogP contribution in [-0.4, -0.2) is 49.6 Å². The molecule has 2 aliphatic rings. The van der Waals surface area contributed by atoms with Crippen molar-refractivity contribution in [2.24, 2.45) is 0 Å². The molecule has 30 heavy (non-hydrogen) atoms. The van der Waals surface area contributed by atoms with Gasteiger partial charge in [0.05, 0.1) is 20.3 Å². The molecule has 0 amide bonds. The number of hydrogen-bond acceptors (Lipinski definition) is 6. The van der Waals surface area contributed by atoms with Gasteiger partial charge in [0.25, 0.3) is 0 Å². The van der Waals surface area contributed by atoms with E-state index < -0.39 is 12.0 Å². The van der Waals surface area contributed by atoms with E-state index >= 15 is 0 Å². The third kappa shape index (κ3) is 3.81. The van der Waals surface area contributed by atoms with Crippen LogP contribution in [0.3, 0.4) is 0 Å². The number of piperidine rings is 1. The summed E-state index contributed by atoms with van der Waals surface area (Å²) in [5.74, 6) is 1.74. The summed E-state index contributed by atoms with van der Waals surface area (Å²) in [6.07, 6.45) is 2.45. The van der Waals surface area contributed by atoms with Crippen LogP contribution in [0.1, 0.15) is 36.4 Å². The number of carbonyl (C=O) groups is 1. The molecule has 160 valence electrons. The van der Waals surface area contributed by atoms with Crippen molar-refractivity contribution in [3.8, 4) is 23.0 Å². The molecule has 2 heterocycles. The molecular formula is C22H24BrNO6. The van der Waals surface area contributed by atoms with Crippen LogP contribution in [0, 0.1) is 0 Å². The molecule has 0 saturated carbocycles. The molecule has 0 aliphatic carbocycles. The minimum absolute atomic E-state index is 0.185. The Morgan fingerprint density at radius 3 is 2.60 bits per heavy atom. The Kier molecular flexibility index (Phi) is 6.06. The lowest BCUT2D eigenvalue weighted by atomic mass is 9.91. The van der Waals surface area contributed by atoms with Gasteiger partial charge in [0.15, 0.2) is 23.0 Å². The van der Waals surface area contributed by atoms with Gasteiger partial charge >= 0.3 is 5.97 Å². The Balaban J connectivity index is 1.87. The number of ether oxygens (including phenoxy) is 4. The maximum atomic E-state index is 12.1. The summed E-state index contributed by atoms with van der Waals surface area (Å²) >= 11 is 3.67. The quantitative estimate of drug-likeness (QED) is 0.666. The molecule has 2 unspecified atom stereocenters. The van der Waals surface area contributed by atoms with Gasteiger partial charge in [-0.1, -0.05) is 28.4 Å². The Bertz CT molecular complexity index is 949. The van der Waals surface area contributed by atoms with Crippen molar-refractivity contribution < 1.29 is 28.8 Å². The van der Waals surface area contributed by atoms with E-state index in [-0.39, 0.29) is 12.8 Å². The topological polar surface area (TPSA) is 77.5 Å². The van der Waals surface area contributed by atoms with Crippen molar-refractivity contribution in [3.05, 3.63) is 45.9 Å². The molecule has 2 aromatic carbocycles. The predicted molar refractivity (Wildman–Crippen MR) is 114 cm³/mol. The van der Waals surface area contributed by atoms with Crippen LogP contribution in [-0.2, 0) is 4.79 Å². The Morgan fingerprint density at radius 2 is 1.87 bits per heavy atom. The van der Waals surface area contributed by atoms with Crippen molar-refractivity contribution >= 4 is 21.9 Å². The molecule has 2 aromatic rings. The Labute approximate surface area is 183 Å². The summed E-state index contributed by atoms with van der Waals surface area (Å²) in [6, 6.07) is 8.65. The van der Waals surface area contributed by atoms with Crippen LogP contribution in [0.4, 0.5) is 0 Å². The highest BCUT2D eigenvalue weighted by Crippen LogP contribution is 2.44. The van der Waals surface area contributed by atoms with Crippen molar-refractivity contribution in [2.45, 2.75) is 31.3 Å². The summed E-state index contributed by atoms with van der Waals surface area (Å²) in [4.78, 5) is 14.1. The second-order valence-electron chi connectivity index (χ2n) is 7.33. The van der Waals surface area contributed by atoms with E-state index in [9.17, 15) is 9.90 Å². The maximum Gasteiger partial charge on any atom is 0.320 e. The van der Waals surface area contributed by atoms with E-state index in [1.165, 1.54) is 0 Å². The van der Waals surface area contributed by atoms with Crippen LogP contribution >= 0.6 is 15.9 Å². The second-order valence-corrected chi connectivity index (χ2v) is 8.19. The average Bonchev–Trinajstić information content (AvgIpc) is 3.23. The first kappa shape index (κ1) is 20.8. The van der Waals surface area contributed by atoms with Crippen LogP contribution < -0.4 is 18.9 Å². The van der Waals surface area contributed by atoms with E-state index in [1.54, 1.807) is 14.2 Å². The number of nitrogens with zero attached hydrogens (tertiary/aromatic N) is 1. The lowest BCUT2D eigenvalue weighted by molar-refractivity contribution is -0.145. The average molecular weight is 478 g/mol. The molecule has 0 aromatic heterocycles. The molecular weight excluding hydrogens is 454 g/mol. The van der Waals surface area contributed by atoms with Crippen molar-refractivity contribution in [3.63, 3.8) is 0 Å². The number of benzene rings is 2. The summed E-state index contributed by atoms with van der Waals surface area (Å²) in [5.41, 5.74) is 1.83. The zero-order chi connectivity index (χ0) is 21.3. The van der Waals surface area contributed by atoms with Gasteiger partial charge in [-0.05, 0) is 54.8 Å². The smallest absolute Gasteiger partial charge is 0.320 e. The fourth-order valence-corrected chi connectivity index (χ4v) is 4.78. The van der Waals surface area contributed by atoms with Crippen molar-refractivity contribution in [2.75, 3.05) is 27.6 Å². The Morgan fingerprint density at radius 1 is 1.13 bits per heavy atom.